The number of hydrogen-bond donors (Lipinski definition) is 0. The molecule has 0 N–H and O–H groups in total. The van der Waals surface area contributed by atoms with Crippen molar-refractivity contribution in [2.75, 3.05) is 0 Å². The SMILES string of the molecule is O=[P+](OP)c1ccccc1. The number of rotatable bonds is 2. The van der Waals surface area contributed by atoms with Crippen LogP contribution in [0.15, 0.2) is 30.3 Å². The largest absolute Gasteiger partial charge is 0.551 e. The summed E-state index contributed by atoms with van der Waals surface area (Å²) in [6.45, 7) is 0. The third-order valence-corrected chi connectivity index (χ3v) is 2.55. The van der Waals surface area contributed by atoms with Gasteiger partial charge in [0.2, 0.25) is 5.30 Å². The molecular weight excluding hydrogens is 166 g/mol. The summed E-state index contributed by atoms with van der Waals surface area (Å²) in [5.41, 5.74) is 0. The standard InChI is InChI=1S/C6H7O2P2/c7-10(8-9)6-4-2-1-3-5-6/h1-5H,9H2/q+1. The predicted molar refractivity (Wildman–Crippen MR) is 44.5 cm³/mol. The first-order valence-corrected chi connectivity index (χ1v) is 4.38. The Balaban J connectivity index is 2.85. The van der Waals surface area contributed by atoms with E-state index in [-0.39, 0.29) is 0 Å². The highest BCUT2D eigenvalue weighted by molar-refractivity contribution is 7.52. The van der Waals surface area contributed by atoms with Crippen LogP contribution in [0.2, 0.25) is 0 Å². The molecule has 1 aromatic rings. The van der Waals surface area contributed by atoms with Crippen molar-refractivity contribution in [2.45, 2.75) is 0 Å². The lowest BCUT2D eigenvalue weighted by molar-refractivity contribution is 0.543. The van der Waals surface area contributed by atoms with Crippen LogP contribution in [0.25, 0.3) is 0 Å². The molecule has 0 bridgehead atoms. The van der Waals surface area contributed by atoms with Crippen LogP contribution in [0, 0.1) is 0 Å². The van der Waals surface area contributed by atoms with Gasteiger partial charge in [-0.1, -0.05) is 18.2 Å². The molecule has 1 aromatic carbocycles. The molecule has 0 aliphatic rings. The Labute approximate surface area is 62.8 Å². The van der Waals surface area contributed by atoms with Crippen LogP contribution >= 0.6 is 17.5 Å². The second-order valence-electron chi connectivity index (χ2n) is 1.70. The fraction of sp³-hybridized carbons (Fsp3) is 0. The topological polar surface area (TPSA) is 26.3 Å². The highest BCUT2D eigenvalue weighted by Gasteiger charge is 2.17. The summed E-state index contributed by atoms with van der Waals surface area (Å²) in [7, 11) is 0.323. The van der Waals surface area contributed by atoms with Crippen molar-refractivity contribution in [1.82, 2.24) is 0 Å². The summed E-state index contributed by atoms with van der Waals surface area (Å²) in [6, 6.07) is 9.06. The molecule has 2 atom stereocenters. The first kappa shape index (κ1) is 7.81. The van der Waals surface area contributed by atoms with Gasteiger partial charge in [0.05, 0.1) is 9.47 Å². The molecule has 0 saturated heterocycles. The highest BCUT2D eigenvalue weighted by atomic mass is 31.2. The zero-order valence-corrected chi connectivity index (χ0v) is 7.28. The first-order chi connectivity index (χ1) is 4.84. The van der Waals surface area contributed by atoms with Crippen LogP contribution in [0.5, 0.6) is 0 Å². The van der Waals surface area contributed by atoms with Crippen molar-refractivity contribution in [3.8, 4) is 0 Å². The van der Waals surface area contributed by atoms with Crippen LogP contribution in [0.3, 0.4) is 0 Å². The minimum atomic E-state index is -1.66. The average molecular weight is 173 g/mol. The second kappa shape index (κ2) is 3.78. The van der Waals surface area contributed by atoms with Crippen LogP contribution in [-0.4, -0.2) is 0 Å². The molecule has 1 rings (SSSR count). The average Bonchev–Trinajstić information content (AvgIpc) is 2.05. The maximum absolute atomic E-state index is 10.9. The third kappa shape index (κ3) is 1.85. The molecule has 0 heterocycles. The van der Waals surface area contributed by atoms with Crippen molar-refractivity contribution in [1.29, 1.82) is 0 Å². The van der Waals surface area contributed by atoms with Gasteiger partial charge in [-0.15, -0.1) is 4.31 Å². The molecule has 0 aliphatic carbocycles. The van der Waals surface area contributed by atoms with Gasteiger partial charge in [-0.3, -0.25) is 0 Å². The van der Waals surface area contributed by atoms with Crippen LogP contribution in [0.1, 0.15) is 0 Å². The van der Waals surface area contributed by atoms with Gasteiger partial charge in [-0.2, -0.15) is 0 Å². The number of benzene rings is 1. The third-order valence-electron chi connectivity index (χ3n) is 1.06. The summed E-state index contributed by atoms with van der Waals surface area (Å²) >= 11 is 0. The summed E-state index contributed by atoms with van der Waals surface area (Å²) in [5.74, 6) is 0. The molecule has 2 nitrogen and oxygen atoms in total. The van der Waals surface area contributed by atoms with Gasteiger partial charge in [-0.25, -0.2) is 0 Å². The van der Waals surface area contributed by atoms with Crippen molar-refractivity contribution >= 4 is 22.8 Å². The molecule has 10 heavy (non-hydrogen) atoms. The van der Waals surface area contributed by atoms with E-state index in [0.29, 0.717) is 5.30 Å². The van der Waals surface area contributed by atoms with Gasteiger partial charge in [0.25, 0.3) is 0 Å². The number of hydrogen-bond acceptors (Lipinski definition) is 2. The second-order valence-corrected chi connectivity index (χ2v) is 3.57. The minimum Gasteiger partial charge on any atom is -0.128 e. The zero-order valence-electron chi connectivity index (χ0n) is 5.23. The van der Waals surface area contributed by atoms with E-state index < -0.39 is 8.03 Å². The van der Waals surface area contributed by atoms with Crippen molar-refractivity contribution in [3.63, 3.8) is 0 Å². The smallest absolute Gasteiger partial charge is 0.128 e. The van der Waals surface area contributed by atoms with Gasteiger partial charge in [0, 0.05) is 0 Å². The van der Waals surface area contributed by atoms with Gasteiger partial charge >= 0.3 is 8.03 Å². The monoisotopic (exact) mass is 173 g/mol. The fourth-order valence-corrected chi connectivity index (χ4v) is 1.51. The molecule has 0 aromatic heterocycles. The zero-order chi connectivity index (χ0) is 7.40. The first-order valence-electron chi connectivity index (χ1n) is 2.74. The summed E-state index contributed by atoms with van der Waals surface area (Å²) in [6.07, 6.45) is 0. The molecule has 0 amide bonds. The molecule has 4 heteroatoms. The predicted octanol–water partition coefficient (Wildman–Crippen LogP) is 1.86. The van der Waals surface area contributed by atoms with Crippen molar-refractivity contribution in [2.24, 2.45) is 0 Å². The minimum absolute atomic E-state index is 0.715. The van der Waals surface area contributed by atoms with E-state index in [4.69, 9.17) is 0 Å². The van der Waals surface area contributed by atoms with E-state index in [1.54, 1.807) is 12.1 Å². The lowest BCUT2D eigenvalue weighted by Crippen LogP contribution is -1.92. The van der Waals surface area contributed by atoms with Gasteiger partial charge in [-0.05, 0) is 16.7 Å². The van der Waals surface area contributed by atoms with Gasteiger partial charge in [0.1, 0.15) is 0 Å². The molecule has 2 unspecified atom stereocenters. The normalized spacial score (nSPS) is 11.1. The van der Waals surface area contributed by atoms with E-state index >= 15 is 0 Å². The molecule has 0 aliphatic heterocycles. The molecule has 0 radical (unpaired) electrons. The lowest BCUT2D eigenvalue weighted by Gasteiger charge is -1.80. The van der Waals surface area contributed by atoms with Crippen LogP contribution in [-0.2, 0) is 8.88 Å². The van der Waals surface area contributed by atoms with Crippen molar-refractivity contribution < 1.29 is 8.88 Å². The highest BCUT2D eigenvalue weighted by Crippen LogP contribution is 2.23. The Morgan fingerprint density at radius 3 is 2.40 bits per heavy atom. The maximum Gasteiger partial charge on any atom is 0.551 e. The van der Waals surface area contributed by atoms with E-state index in [1.807, 2.05) is 27.7 Å². The molecule has 52 valence electrons. The van der Waals surface area contributed by atoms with Crippen LogP contribution in [0.4, 0.5) is 0 Å². The summed E-state index contributed by atoms with van der Waals surface area (Å²) < 4.78 is 15.5. The van der Waals surface area contributed by atoms with Crippen LogP contribution < -0.4 is 5.30 Å². The maximum atomic E-state index is 10.9. The molecule has 0 fully saturated rings. The fourth-order valence-electron chi connectivity index (χ4n) is 0.611. The van der Waals surface area contributed by atoms with Gasteiger partial charge in [0.15, 0.2) is 0 Å². The molecule has 0 saturated carbocycles. The van der Waals surface area contributed by atoms with E-state index in [1.165, 1.54) is 0 Å². The summed E-state index contributed by atoms with van der Waals surface area (Å²) in [4.78, 5) is 0. The Kier molecular flexibility index (Phi) is 2.95. The van der Waals surface area contributed by atoms with E-state index in [9.17, 15) is 4.57 Å². The summed E-state index contributed by atoms with van der Waals surface area (Å²) in [5, 5.41) is 0.715. The Morgan fingerprint density at radius 2 is 1.90 bits per heavy atom. The molecule has 0 spiro atoms. The Hall–Kier alpha value is -0.290. The Morgan fingerprint density at radius 1 is 1.30 bits per heavy atom. The lowest BCUT2D eigenvalue weighted by atomic mass is 10.4. The molecular formula is C6H7O2P2+. The van der Waals surface area contributed by atoms with E-state index in [2.05, 4.69) is 4.31 Å². The quantitative estimate of drug-likeness (QED) is 0.638. The van der Waals surface area contributed by atoms with E-state index in [0.717, 1.165) is 0 Å². The van der Waals surface area contributed by atoms with Crippen molar-refractivity contribution in [3.05, 3.63) is 30.3 Å². The Bertz CT molecular complexity index is 222. The van der Waals surface area contributed by atoms with Gasteiger partial charge < -0.3 is 0 Å².